The molecule has 0 spiro atoms. The zero-order valence-corrected chi connectivity index (χ0v) is 15.9. The van der Waals surface area contributed by atoms with Crippen molar-refractivity contribution in [3.63, 3.8) is 0 Å². The summed E-state index contributed by atoms with van der Waals surface area (Å²) in [6.07, 6.45) is 5.82. The molecule has 2 amide bonds. The van der Waals surface area contributed by atoms with Crippen molar-refractivity contribution in [2.75, 3.05) is 10.6 Å². The van der Waals surface area contributed by atoms with Crippen LogP contribution in [-0.4, -0.2) is 16.8 Å². The second-order valence-corrected chi connectivity index (χ2v) is 7.21. The summed E-state index contributed by atoms with van der Waals surface area (Å²) < 4.78 is 0.830. The summed E-state index contributed by atoms with van der Waals surface area (Å²) in [4.78, 5) is 28.8. The highest BCUT2D eigenvalue weighted by molar-refractivity contribution is 7.22. The number of para-hydroxylation sites is 1. The van der Waals surface area contributed by atoms with Gasteiger partial charge in [-0.05, 0) is 43.2 Å². The maximum absolute atomic E-state index is 12.6. The number of aromatic nitrogens is 1. The number of aryl methyl sites for hydroxylation is 2. The maximum atomic E-state index is 12.6. The summed E-state index contributed by atoms with van der Waals surface area (Å²) in [5.41, 5.74) is 4.13. The van der Waals surface area contributed by atoms with E-state index in [0.717, 1.165) is 27.0 Å². The van der Waals surface area contributed by atoms with Crippen LogP contribution in [0.4, 0.5) is 10.8 Å². The molecule has 0 saturated heterocycles. The molecule has 2 N–H and O–H groups in total. The topological polar surface area (TPSA) is 71.1 Å². The normalized spacial score (nSPS) is 10.4. The van der Waals surface area contributed by atoms with E-state index in [2.05, 4.69) is 21.5 Å². The number of nitrogens with zero attached hydrogens (tertiary/aromatic N) is 1. The average molecular weight is 377 g/mol. The van der Waals surface area contributed by atoms with E-state index >= 15 is 0 Å². The molecule has 136 valence electrons. The van der Waals surface area contributed by atoms with Gasteiger partial charge in [-0.3, -0.25) is 9.59 Å². The van der Waals surface area contributed by atoms with Crippen LogP contribution in [0.5, 0.6) is 0 Å². The van der Waals surface area contributed by atoms with Crippen LogP contribution in [0.15, 0.2) is 36.4 Å². The first-order chi connectivity index (χ1) is 13.0. The van der Waals surface area contributed by atoms with Gasteiger partial charge >= 0.3 is 0 Å². The monoisotopic (exact) mass is 377 g/mol. The molecule has 0 aliphatic carbocycles. The van der Waals surface area contributed by atoms with Crippen molar-refractivity contribution in [1.29, 1.82) is 0 Å². The number of carbonyl (C=O) groups excluding carboxylic acids is 2. The number of hydrogen-bond donors (Lipinski definition) is 2. The highest BCUT2D eigenvalue weighted by Gasteiger charge is 2.13. The fourth-order valence-electron chi connectivity index (χ4n) is 2.68. The van der Waals surface area contributed by atoms with Gasteiger partial charge < -0.3 is 10.6 Å². The number of thiazole rings is 1. The van der Waals surface area contributed by atoms with E-state index in [9.17, 15) is 9.59 Å². The van der Waals surface area contributed by atoms with Gasteiger partial charge in [0.05, 0.1) is 10.2 Å². The highest BCUT2D eigenvalue weighted by atomic mass is 32.1. The largest absolute Gasteiger partial charge is 0.322 e. The lowest BCUT2D eigenvalue weighted by Gasteiger charge is -2.11. The lowest BCUT2D eigenvalue weighted by molar-refractivity contribution is -0.116. The minimum atomic E-state index is -0.178. The Kier molecular flexibility index (Phi) is 5.53. The van der Waals surface area contributed by atoms with Gasteiger partial charge in [-0.2, -0.15) is 0 Å². The van der Waals surface area contributed by atoms with Crippen LogP contribution in [0.3, 0.4) is 0 Å². The van der Waals surface area contributed by atoms with Crippen molar-refractivity contribution in [3.8, 4) is 12.3 Å². The van der Waals surface area contributed by atoms with Crippen LogP contribution in [0.25, 0.3) is 10.2 Å². The Morgan fingerprint density at radius 1 is 1.15 bits per heavy atom. The Labute approximate surface area is 161 Å². The zero-order chi connectivity index (χ0) is 19.4. The molecule has 3 aromatic rings. The lowest BCUT2D eigenvalue weighted by atomic mass is 10.1. The molecule has 0 atom stereocenters. The Balaban J connectivity index is 1.79. The van der Waals surface area contributed by atoms with Gasteiger partial charge in [0.2, 0.25) is 5.91 Å². The fraction of sp³-hybridized carbons (Fsp3) is 0.190. The number of fused-ring (bicyclic) bond motifs is 1. The quantitative estimate of drug-likeness (QED) is 0.642. The zero-order valence-electron chi connectivity index (χ0n) is 15.1. The number of amides is 2. The van der Waals surface area contributed by atoms with Gasteiger partial charge in [0.25, 0.3) is 5.91 Å². The number of carbonyl (C=O) groups is 2. The molecule has 0 aliphatic rings. The van der Waals surface area contributed by atoms with E-state index < -0.39 is 0 Å². The summed E-state index contributed by atoms with van der Waals surface area (Å²) in [5, 5.41) is 6.22. The Morgan fingerprint density at radius 3 is 2.59 bits per heavy atom. The summed E-state index contributed by atoms with van der Waals surface area (Å²) in [7, 11) is 0. The average Bonchev–Trinajstić information content (AvgIpc) is 3.04. The maximum Gasteiger partial charge on any atom is 0.255 e. The van der Waals surface area contributed by atoms with Crippen molar-refractivity contribution < 1.29 is 9.59 Å². The summed E-state index contributed by atoms with van der Waals surface area (Å²) in [5.74, 6) is 2.09. The molecule has 0 aliphatic heterocycles. The molecule has 27 heavy (non-hydrogen) atoms. The molecular formula is C21H19N3O2S. The third-order valence-corrected chi connectivity index (χ3v) is 5.05. The Morgan fingerprint density at radius 2 is 1.89 bits per heavy atom. The van der Waals surface area contributed by atoms with Crippen LogP contribution in [0.2, 0.25) is 0 Å². The van der Waals surface area contributed by atoms with Crippen molar-refractivity contribution >= 4 is 44.2 Å². The Bertz CT molecular complexity index is 1040. The summed E-state index contributed by atoms with van der Waals surface area (Å²) >= 11 is 1.33. The van der Waals surface area contributed by atoms with E-state index in [1.165, 1.54) is 11.3 Å². The molecule has 0 unspecified atom stereocenters. The molecule has 3 rings (SSSR count). The number of terminal acetylenes is 1. The fourth-order valence-corrected chi connectivity index (χ4v) is 3.61. The number of rotatable bonds is 5. The molecule has 1 heterocycles. The lowest BCUT2D eigenvalue weighted by Crippen LogP contribution is -2.13. The summed E-state index contributed by atoms with van der Waals surface area (Å²) in [6, 6.07) is 11.2. The third kappa shape index (κ3) is 4.33. The number of anilines is 2. The van der Waals surface area contributed by atoms with Crippen molar-refractivity contribution in [1.82, 2.24) is 4.98 Å². The van der Waals surface area contributed by atoms with E-state index in [-0.39, 0.29) is 18.2 Å². The smallest absolute Gasteiger partial charge is 0.255 e. The van der Waals surface area contributed by atoms with Crippen molar-refractivity contribution in [2.24, 2.45) is 0 Å². The Hall–Kier alpha value is -3.17. The standard InChI is InChI=1S/C21H19N3O2S/c1-4-5-9-18(25)23-21-22-16-11-10-15(12-17(16)27-21)20(26)24-19-13(2)7-6-8-14(19)3/h1,6-8,10-12H,5,9H2,2-3H3,(H,24,26)(H,22,23,25). The SMILES string of the molecule is C#CCCC(=O)Nc1nc2ccc(C(=O)Nc3c(C)cccc3C)cc2s1. The number of benzene rings is 2. The van der Waals surface area contributed by atoms with Gasteiger partial charge in [-0.15, -0.1) is 12.3 Å². The van der Waals surface area contributed by atoms with Gasteiger partial charge in [0.1, 0.15) is 0 Å². The molecule has 5 nitrogen and oxygen atoms in total. The first-order valence-electron chi connectivity index (χ1n) is 8.49. The van der Waals surface area contributed by atoms with Crippen LogP contribution < -0.4 is 10.6 Å². The molecule has 0 fully saturated rings. The number of nitrogens with one attached hydrogen (secondary N) is 2. The van der Waals surface area contributed by atoms with Crippen molar-refractivity contribution in [2.45, 2.75) is 26.7 Å². The van der Waals surface area contributed by atoms with E-state index in [1.54, 1.807) is 18.2 Å². The molecule has 0 bridgehead atoms. The minimum absolute atomic E-state index is 0.167. The van der Waals surface area contributed by atoms with Gasteiger partial charge in [-0.1, -0.05) is 29.5 Å². The molecular weight excluding hydrogens is 358 g/mol. The number of hydrogen-bond acceptors (Lipinski definition) is 4. The molecule has 0 saturated carbocycles. The van der Waals surface area contributed by atoms with Gasteiger partial charge in [0, 0.05) is 24.1 Å². The molecule has 0 radical (unpaired) electrons. The van der Waals surface area contributed by atoms with E-state index in [4.69, 9.17) is 6.42 Å². The second kappa shape index (κ2) is 8.02. The predicted molar refractivity (Wildman–Crippen MR) is 110 cm³/mol. The first kappa shape index (κ1) is 18.6. The first-order valence-corrected chi connectivity index (χ1v) is 9.31. The van der Waals surface area contributed by atoms with Crippen LogP contribution in [0.1, 0.15) is 34.3 Å². The third-order valence-electron chi connectivity index (χ3n) is 4.11. The predicted octanol–water partition coefficient (Wildman–Crippen LogP) is 4.52. The second-order valence-electron chi connectivity index (χ2n) is 6.17. The van der Waals surface area contributed by atoms with E-state index in [0.29, 0.717) is 17.1 Å². The van der Waals surface area contributed by atoms with Crippen LogP contribution in [-0.2, 0) is 4.79 Å². The molecule has 6 heteroatoms. The van der Waals surface area contributed by atoms with Gasteiger partial charge in [0.15, 0.2) is 5.13 Å². The van der Waals surface area contributed by atoms with Crippen LogP contribution >= 0.6 is 11.3 Å². The molecule has 1 aromatic heterocycles. The van der Waals surface area contributed by atoms with Gasteiger partial charge in [-0.25, -0.2) is 4.98 Å². The van der Waals surface area contributed by atoms with Crippen LogP contribution in [0, 0.1) is 26.2 Å². The van der Waals surface area contributed by atoms with E-state index in [1.807, 2.05) is 32.0 Å². The molecule has 2 aromatic carbocycles. The highest BCUT2D eigenvalue weighted by Crippen LogP contribution is 2.28. The van der Waals surface area contributed by atoms with Crippen molar-refractivity contribution in [3.05, 3.63) is 53.1 Å². The summed E-state index contributed by atoms with van der Waals surface area (Å²) in [6.45, 7) is 3.92. The minimum Gasteiger partial charge on any atom is -0.322 e.